The lowest BCUT2D eigenvalue weighted by atomic mass is 9.80. The van der Waals surface area contributed by atoms with Crippen LogP contribution in [0.4, 0.5) is 0 Å². The van der Waals surface area contributed by atoms with Crippen molar-refractivity contribution in [3.05, 3.63) is 0 Å². The molecule has 0 radical (unpaired) electrons. The first-order valence-corrected chi connectivity index (χ1v) is 19.6. The molecule has 2 aliphatic carbocycles. The molecule has 0 amide bonds. The van der Waals surface area contributed by atoms with Gasteiger partial charge in [0.1, 0.15) is 24.9 Å². The van der Waals surface area contributed by atoms with Crippen LogP contribution in [0, 0.1) is 23.7 Å². The normalized spacial score (nSPS) is 43.2. The Kier molecular flexibility index (Phi) is 10.6. The number of ether oxygens (including phenoxy) is 8. The van der Waals surface area contributed by atoms with Gasteiger partial charge in [0.15, 0.2) is 0 Å². The average molecular weight is 677 g/mol. The first kappa shape index (κ1) is 33.4. The first-order chi connectivity index (χ1) is 23.7. The van der Waals surface area contributed by atoms with Crippen LogP contribution in [0.25, 0.3) is 0 Å². The number of hydrogen-bond donors (Lipinski definition) is 0. The van der Waals surface area contributed by atoms with E-state index in [1.54, 1.807) is 0 Å². The highest BCUT2D eigenvalue weighted by atomic mass is 16.6. The van der Waals surface area contributed by atoms with Gasteiger partial charge in [-0.25, -0.2) is 9.80 Å². The third-order valence-corrected chi connectivity index (χ3v) is 12.0. The largest absolute Gasteiger partial charge is 0.372 e. The van der Waals surface area contributed by atoms with Crippen molar-refractivity contribution in [2.24, 2.45) is 23.7 Å². The van der Waals surface area contributed by atoms with E-state index < -0.39 is 0 Å². The molecule has 0 N–H and O–H groups in total. The number of rotatable bonds is 20. The Morgan fingerprint density at radius 2 is 0.604 bits per heavy atom. The van der Waals surface area contributed by atoms with Crippen LogP contribution in [-0.2, 0) is 37.9 Å². The lowest BCUT2D eigenvalue weighted by Crippen LogP contribution is -2.40. The molecule has 12 nitrogen and oxygen atoms in total. The molecule has 0 aromatic heterocycles. The highest BCUT2D eigenvalue weighted by Crippen LogP contribution is 2.37. The third kappa shape index (κ3) is 10.8. The topological polar surface area (TPSA) is 113 Å². The van der Waals surface area contributed by atoms with E-state index in [0.29, 0.717) is 49.3 Å². The molecule has 8 heterocycles. The molecule has 48 heavy (non-hydrogen) atoms. The zero-order chi connectivity index (χ0) is 31.9. The standard InChI is InChI=1S/C20H34N2O4.C16H26N2O4/c1-2-15(5-21(7-17-11-23-17)8-18-12-24-18)4-16(3-1)6-22(9-19-13-25-19)10-20-14-26-20;1-2-11(5-17(13-7-19-13)14-8-20-14)4-12(3-1)6-18(15-9-21-15)16-10-22-16/h15-20H,1-14H2;11-16H,1-10H2. The van der Waals surface area contributed by atoms with Gasteiger partial charge in [-0.05, 0) is 62.2 Å². The second kappa shape index (κ2) is 15.2. The highest BCUT2D eigenvalue weighted by Gasteiger charge is 2.45. The third-order valence-electron chi connectivity index (χ3n) is 12.0. The second-order valence-corrected chi connectivity index (χ2v) is 16.6. The van der Waals surface area contributed by atoms with Gasteiger partial charge in [0, 0.05) is 52.4 Å². The summed E-state index contributed by atoms with van der Waals surface area (Å²) in [6, 6.07) is 0. The molecule has 10 aliphatic rings. The summed E-state index contributed by atoms with van der Waals surface area (Å²) in [5.41, 5.74) is 0. The summed E-state index contributed by atoms with van der Waals surface area (Å²) >= 11 is 0. The molecule has 0 spiro atoms. The predicted molar refractivity (Wildman–Crippen MR) is 175 cm³/mol. The van der Waals surface area contributed by atoms with Crippen LogP contribution in [-0.4, -0.2) is 174 Å². The fraction of sp³-hybridized carbons (Fsp3) is 1.00. The SMILES string of the molecule is C1CC(CN(C2CO2)C2CO2)CC(CN(C2CO2)C2CO2)C1.C1CC(CN(CC2CO2)CC2CO2)CC(CN(CC2CO2)CC2CO2)C1. The van der Waals surface area contributed by atoms with Crippen molar-refractivity contribution < 1.29 is 37.9 Å². The molecule has 0 aromatic carbocycles. The van der Waals surface area contributed by atoms with E-state index in [4.69, 9.17) is 37.9 Å². The second-order valence-electron chi connectivity index (χ2n) is 16.6. The maximum atomic E-state index is 5.49. The van der Waals surface area contributed by atoms with Gasteiger partial charge in [-0.2, -0.15) is 0 Å². The summed E-state index contributed by atoms with van der Waals surface area (Å²) in [7, 11) is 0. The van der Waals surface area contributed by atoms with Gasteiger partial charge < -0.3 is 37.9 Å². The van der Waals surface area contributed by atoms with E-state index >= 15 is 0 Å². The minimum absolute atomic E-state index is 0.337. The maximum absolute atomic E-state index is 5.49. The van der Waals surface area contributed by atoms with Crippen LogP contribution in [0.3, 0.4) is 0 Å². The fourth-order valence-corrected chi connectivity index (χ4v) is 8.87. The maximum Gasteiger partial charge on any atom is 0.136 e. The summed E-state index contributed by atoms with van der Waals surface area (Å²) in [6.45, 7) is 16.5. The summed E-state index contributed by atoms with van der Waals surface area (Å²) in [4.78, 5) is 10.1. The molecular formula is C36H60N4O8. The zero-order valence-corrected chi connectivity index (χ0v) is 29.0. The van der Waals surface area contributed by atoms with Crippen molar-refractivity contribution in [3.8, 4) is 0 Å². The summed E-state index contributed by atoms with van der Waals surface area (Å²) in [6.07, 6.45) is 14.2. The van der Waals surface area contributed by atoms with Crippen LogP contribution in [0.15, 0.2) is 0 Å². The van der Waals surface area contributed by atoms with Crippen LogP contribution < -0.4 is 0 Å². The monoisotopic (exact) mass is 676 g/mol. The molecular weight excluding hydrogens is 616 g/mol. The minimum atomic E-state index is 0.337. The van der Waals surface area contributed by atoms with Crippen LogP contribution in [0.2, 0.25) is 0 Å². The minimum Gasteiger partial charge on any atom is -0.372 e. The Bertz CT molecular complexity index is 901. The number of epoxide rings is 8. The van der Waals surface area contributed by atoms with Crippen molar-refractivity contribution in [2.75, 3.05) is 105 Å². The summed E-state index contributed by atoms with van der Waals surface area (Å²) in [5.74, 6) is 3.24. The molecule has 2 saturated carbocycles. The highest BCUT2D eigenvalue weighted by molar-refractivity contribution is 4.89. The lowest BCUT2D eigenvalue weighted by Gasteiger charge is -2.35. The van der Waals surface area contributed by atoms with Crippen molar-refractivity contribution in [3.63, 3.8) is 0 Å². The molecule has 12 heteroatoms. The quantitative estimate of drug-likeness (QED) is 0.175. The van der Waals surface area contributed by atoms with E-state index in [-0.39, 0.29) is 0 Å². The Morgan fingerprint density at radius 3 is 0.854 bits per heavy atom. The fourth-order valence-electron chi connectivity index (χ4n) is 8.87. The molecule has 8 aliphatic heterocycles. The van der Waals surface area contributed by atoms with Crippen molar-refractivity contribution in [1.82, 2.24) is 19.6 Å². The Hall–Kier alpha value is -0.480. The Balaban J connectivity index is 0.000000132. The molecule has 272 valence electrons. The van der Waals surface area contributed by atoms with Gasteiger partial charge >= 0.3 is 0 Å². The predicted octanol–water partition coefficient (Wildman–Crippen LogP) is 1.81. The van der Waals surface area contributed by atoms with E-state index in [2.05, 4.69) is 19.6 Å². The van der Waals surface area contributed by atoms with E-state index in [0.717, 1.165) is 116 Å². The Labute approximate surface area is 286 Å². The molecule has 10 rings (SSSR count). The van der Waals surface area contributed by atoms with E-state index in [1.807, 2.05) is 0 Å². The number of hydrogen-bond acceptors (Lipinski definition) is 12. The first-order valence-electron chi connectivity index (χ1n) is 19.6. The van der Waals surface area contributed by atoms with Crippen molar-refractivity contribution in [1.29, 1.82) is 0 Å². The average Bonchev–Trinajstić information content (AvgIpc) is 3.85. The summed E-state index contributed by atoms with van der Waals surface area (Å²) in [5, 5.41) is 0. The molecule has 10 fully saturated rings. The molecule has 12 atom stereocenters. The van der Waals surface area contributed by atoms with Crippen LogP contribution in [0.5, 0.6) is 0 Å². The number of nitrogens with zero attached hydrogens (tertiary/aromatic N) is 4. The van der Waals surface area contributed by atoms with Crippen molar-refractivity contribution in [2.45, 2.75) is 101 Å². The summed E-state index contributed by atoms with van der Waals surface area (Å²) < 4.78 is 43.9. The van der Waals surface area contributed by atoms with Gasteiger partial charge in [0.25, 0.3) is 0 Å². The van der Waals surface area contributed by atoms with Gasteiger partial charge in [0.05, 0.1) is 77.3 Å². The molecule has 0 aromatic rings. The molecule has 12 unspecified atom stereocenters. The van der Waals surface area contributed by atoms with Gasteiger partial charge in [-0.3, -0.25) is 9.80 Å². The zero-order valence-electron chi connectivity index (χ0n) is 29.0. The van der Waals surface area contributed by atoms with Crippen LogP contribution >= 0.6 is 0 Å². The van der Waals surface area contributed by atoms with Crippen molar-refractivity contribution >= 4 is 0 Å². The van der Waals surface area contributed by atoms with Gasteiger partial charge in [-0.15, -0.1) is 0 Å². The van der Waals surface area contributed by atoms with E-state index in [9.17, 15) is 0 Å². The van der Waals surface area contributed by atoms with Gasteiger partial charge in [-0.1, -0.05) is 12.8 Å². The lowest BCUT2D eigenvalue weighted by molar-refractivity contribution is 0.0568. The molecule has 0 bridgehead atoms. The smallest absolute Gasteiger partial charge is 0.136 e. The van der Waals surface area contributed by atoms with E-state index in [1.165, 1.54) is 64.5 Å². The molecule has 8 saturated heterocycles. The Morgan fingerprint density at radius 1 is 0.333 bits per heavy atom. The van der Waals surface area contributed by atoms with Gasteiger partial charge in [0.2, 0.25) is 0 Å². The van der Waals surface area contributed by atoms with Crippen LogP contribution in [0.1, 0.15) is 51.4 Å².